The number of hydrogen-bond donors (Lipinski definition) is 2. The highest BCUT2D eigenvalue weighted by molar-refractivity contribution is 5.94. The molecule has 2 N–H and O–H groups in total. The number of methoxy groups -OCH3 is 1. The summed E-state index contributed by atoms with van der Waals surface area (Å²) in [6.45, 7) is 11.2. The van der Waals surface area contributed by atoms with E-state index in [-0.39, 0.29) is 23.7 Å². The molecule has 0 bridgehead atoms. The highest BCUT2D eigenvalue weighted by atomic mass is 16.5. The van der Waals surface area contributed by atoms with Crippen molar-refractivity contribution in [2.24, 2.45) is 5.41 Å². The fourth-order valence-corrected chi connectivity index (χ4v) is 3.99. The molecule has 8 heteroatoms. The van der Waals surface area contributed by atoms with Crippen LogP contribution in [0, 0.1) is 16.7 Å². The van der Waals surface area contributed by atoms with Crippen LogP contribution in [0.25, 0.3) is 0 Å². The minimum Gasteiger partial charge on any atom is -0.383 e. The molecule has 0 atom stereocenters. The molecule has 0 radical (unpaired) electrons. The second kappa shape index (κ2) is 11.9. The van der Waals surface area contributed by atoms with Gasteiger partial charge < -0.3 is 20.3 Å². The first-order valence-corrected chi connectivity index (χ1v) is 11.9. The molecule has 1 aliphatic rings. The first-order valence-electron chi connectivity index (χ1n) is 11.9. The van der Waals surface area contributed by atoms with Crippen molar-refractivity contribution < 1.29 is 9.53 Å². The third kappa shape index (κ3) is 7.51. The minimum atomic E-state index is -0.146. The first-order chi connectivity index (χ1) is 16.3. The van der Waals surface area contributed by atoms with Crippen LogP contribution in [0.15, 0.2) is 30.5 Å². The third-order valence-electron chi connectivity index (χ3n) is 6.03. The Balaban J connectivity index is 1.57. The Hall–Kier alpha value is -3.02. The molecule has 2 heterocycles. The average Bonchev–Trinajstić information content (AvgIpc) is 2.85. The van der Waals surface area contributed by atoms with Crippen molar-refractivity contribution in [1.29, 1.82) is 5.26 Å². The number of hydrogen-bond acceptors (Lipinski definition) is 7. The van der Waals surface area contributed by atoms with Gasteiger partial charge in [0.15, 0.2) is 0 Å². The Bertz CT molecular complexity index is 986. The number of carbonyl (C=O) groups is 1. The third-order valence-corrected chi connectivity index (χ3v) is 6.03. The Labute approximate surface area is 202 Å². The number of amides is 1. The van der Waals surface area contributed by atoms with E-state index in [0.29, 0.717) is 23.8 Å². The van der Waals surface area contributed by atoms with Crippen LogP contribution in [0.3, 0.4) is 0 Å². The maximum absolute atomic E-state index is 12.8. The Morgan fingerprint density at radius 1 is 1.24 bits per heavy atom. The van der Waals surface area contributed by atoms with Gasteiger partial charge >= 0.3 is 0 Å². The summed E-state index contributed by atoms with van der Waals surface area (Å²) < 4.78 is 5.18. The van der Waals surface area contributed by atoms with Gasteiger partial charge in [0.1, 0.15) is 11.9 Å². The van der Waals surface area contributed by atoms with Crippen LogP contribution in [0.2, 0.25) is 0 Å². The predicted molar refractivity (Wildman–Crippen MR) is 133 cm³/mol. The number of carbonyl (C=O) groups excluding carboxylic acids is 1. The summed E-state index contributed by atoms with van der Waals surface area (Å²) in [5.74, 6) is 1.07. The summed E-state index contributed by atoms with van der Waals surface area (Å²) in [4.78, 5) is 23.6. The number of ether oxygens (including phenoxy) is 1. The van der Waals surface area contributed by atoms with Crippen LogP contribution in [-0.4, -0.2) is 60.7 Å². The van der Waals surface area contributed by atoms with Gasteiger partial charge in [0.2, 0.25) is 5.82 Å². The molecule has 1 fully saturated rings. The monoisotopic (exact) mass is 464 g/mol. The Kier molecular flexibility index (Phi) is 8.97. The molecule has 182 valence electrons. The number of piperidine rings is 1. The standard InChI is InChI=1S/C26H36N6O2/c1-26(2,3)18-30-24-22(16-28-23(15-27)31-24)17-29-25(33)21-7-5-19(6-8-21)20-9-11-32(12-10-20)13-14-34-4/h5-8,16,20H,9-14,17-18H2,1-4H3,(H,29,33)(H,28,30,31). The molecule has 1 amide bonds. The summed E-state index contributed by atoms with van der Waals surface area (Å²) in [5, 5.41) is 15.4. The zero-order chi connectivity index (χ0) is 24.6. The maximum Gasteiger partial charge on any atom is 0.251 e. The van der Waals surface area contributed by atoms with E-state index >= 15 is 0 Å². The van der Waals surface area contributed by atoms with Gasteiger partial charge in [-0.25, -0.2) is 9.97 Å². The van der Waals surface area contributed by atoms with Gasteiger partial charge in [-0.1, -0.05) is 32.9 Å². The topological polar surface area (TPSA) is 103 Å². The molecule has 3 rings (SSSR count). The number of anilines is 1. The molecular weight excluding hydrogens is 428 g/mol. The molecule has 1 aliphatic heterocycles. The van der Waals surface area contributed by atoms with Crippen molar-refractivity contribution in [3.05, 3.63) is 53.0 Å². The maximum atomic E-state index is 12.8. The molecule has 0 aliphatic carbocycles. The van der Waals surface area contributed by atoms with Crippen LogP contribution >= 0.6 is 0 Å². The first kappa shape index (κ1) is 25.6. The second-order valence-corrected chi connectivity index (χ2v) is 10.0. The molecule has 1 aromatic carbocycles. The largest absolute Gasteiger partial charge is 0.383 e. The molecule has 0 unspecified atom stereocenters. The van der Waals surface area contributed by atoms with Gasteiger partial charge in [-0.15, -0.1) is 0 Å². The molecular formula is C26H36N6O2. The lowest BCUT2D eigenvalue weighted by Crippen LogP contribution is -2.35. The van der Waals surface area contributed by atoms with Gasteiger partial charge in [-0.3, -0.25) is 4.79 Å². The Morgan fingerprint density at radius 2 is 1.94 bits per heavy atom. The number of likely N-dealkylation sites (tertiary alicyclic amines) is 1. The summed E-state index contributed by atoms with van der Waals surface area (Å²) in [6.07, 6.45) is 3.84. The van der Waals surface area contributed by atoms with Crippen LogP contribution < -0.4 is 10.6 Å². The van der Waals surface area contributed by atoms with Crippen molar-refractivity contribution in [3.63, 3.8) is 0 Å². The highest BCUT2D eigenvalue weighted by Crippen LogP contribution is 2.28. The number of nitrogens with one attached hydrogen (secondary N) is 2. The molecule has 8 nitrogen and oxygen atoms in total. The molecule has 1 aromatic heterocycles. The SMILES string of the molecule is COCCN1CCC(c2ccc(C(=O)NCc3cnc(C#N)nc3NCC(C)(C)C)cc2)CC1. The summed E-state index contributed by atoms with van der Waals surface area (Å²) in [6, 6.07) is 9.92. The predicted octanol–water partition coefficient (Wildman–Crippen LogP) is 3.56. The van der Waals surface area contributed by atoms with E-state index in [1.165, 1.54) is 5.56 Å². The van der Waals surface area contributed by atoms with E-state index in [4.69, 9.17) is 10.00 Å². The summed E-state index contributed by atoms with van der Waals surface area (Å²) in [5.41, 5.74) is 2.70. The van der Waals surface area contributed by atoms with E-state index in [2.05, 4.69) is 58.4 Å². The van der Waals surface area contributed by atoms with E-state index in [9.17, 15) is 4.79 Å². The zero-order valence-electron chi connectivity index (χ0n) is 20.7. The molecule has 0 saturated carbocycles. The van der Waals surface area contributed by atoms with Crippen molar-refractivity contribution >= 4 is 11.7 Å². The van der Waals surface area contributed by atoms with Crippen LogP contribution in [0.1, 0.15) is 66.8 Å². The molecule has 0 spiro atoms. The smallest absolute Gasteiger partial charge is 0.251 e. The van der Waals surface area contributed by atoms with Gasteiger partial charge in [-0.2, -0.15) is 5.26 Å². The van der Waals surface area contributed by atoms with Gasteiger partial charge in [0.25, 0.3) is 5.91 Å². The van der Waals surface area contributed by atoms with Crippen LogP contribution in [0.4, 0.5) is 5.82 Å². The lowest BCUT2D eigenvalue weighted by molar-refractivity contribution is 0.0951. The van der Waals surface area contributed by atoms with E-state index in [1.54, 1.807) is 13.3 Å². The lowest BCUT2D eigenvalue weighted by Gasteiger charge is -2.32. The van der Waals surface area contributed by atoms with Gasteiger partial charge in [0.05, 0.1) is 6.61 Å². The molecule has 1 saturated heterocycles. The second-order valence-electron chi connectivity index (χ2n) is 10.0. The Morgan fingerprint density at radius 3 is 2.56 bits per heavy atom. The lowest BCUT2D eigenvalue weighted by atomic mass is 9.89. The average molecular weight is 465 g/mol. The minimum absolute atomic E-state index is 0.0422. The van der Waals surface area contributed by atoms with Crippen molar-refractivity contribution in [2.45, 2.75) is 46.1 Å². The number of nitriles is 1. The highest BCUT2D eigenvalue weighted by Gasteiger charge is 2.21. The van der Waals surface area contributed by atoms with Gasteiger partial charge in [-0.05, 0) is 55.0 Å². The van der Waals surface area contributed by atoms with Crippen LogP contribution in [0.5, 0.6) is 0 Å². The fourth-order valence-electron chi connectivity index (χ4n) is 3.99. The van der Waals surface area contributed by atoms with E-state index in [1.807, 2.05) is 18.2 Å². The summed E-state index contributed by atoms with van der Waals surface area (Å²) in [7, 11) is 1.74. The fraction of sp³-hybridized carbons (Fsp3) is 0.538. The van der Waals surface area contributed by atoms with Crippen molar-refractivity contribution in [3.8, 4) is 6.07 Å². The molecule has 34 heavy (non-hydrogen) atoms. The number of nitrogens with zero attached hydrogens (tertiary/aromatic N) is 4. The normalized spacial score (nSPS) is 15.0. The van der Waals surface area contributed by atoms with Gasteiger partial charge in [0, 0.05) is 44.1 Å². The number of rotatable bonds is 9. The van der Waals surface area contributed by atoms with E-state index in [0.717, 1.165) is 44.6 Å². The molecule has 2 aromatic rings. The van der Waals surface area contributed by atoms with Crippen LogP contribution in [-0.2, 0) is 11.3 Å². The van der Waals surface area contributed by atoms with E-state index < -0.39 is 0 Å². The summed E-state index contributed by atoms with van der Waals surface area (Å²) >= 11 is 0. The number of aromatic nitrogens is 2. The quantitative estimate of drug-likeness (QED) is 0.585. The van der Waals surface area contributed by atoms with Crippen molar-refractivity contribution in [1.82, 2.24) is 20.2 Å². The zero-order valence-corrected chi connectivity index (χ0v) is 20.7. The number of benzene rings is 1. The van der Waals surface area contributed by atoms with Crippen molar-refractivity contribution in [2.75, 3.05) is 45.2 Å².